The molecular formula is C59H105N4O22P2+. The summed E-state index contributed by atoms with van der Waals surface area (Å²) >= 11 is 0. The predicted octanol–water partition coefficient (Wildman–Crippen LogP) is 3.31. The second kappa shape index (κ2) is 40.8. The van der Waals surface area contributed by atoms with Crippen LogP contribution in [0.4, 0.5) is 0 Å². The highest BCUT2D eigenvalue weighted by Gasteiger charge is 2.46. The second-order valence-corrected chi connectivity index (χ2v) is 27.7. The van der Waals surface area contributed by atoms with Crippen molar-refractivity contribution in [1.82, 2.24) is 20.9 Å². The number of hydrogen-bond donors (Lipinski definition) is 10. The maximum atomic E-state index is 13.7. The van der Waals surface area contributed by atoms with Gasteiger partial charge in [0.15, 0.2) is 24.5 Å². The van der Waals surface area contributed by atoms with Crippen LogP contribution < -0.4 is 16.0 Å². The molecule has 15 unspecified atom stereocenters. The van der Waals surface area contributed by atoms with Crippen molar-refractivity contribution < 1.29 is 106 Å². The van der Waals surface area contributed by atoms with Crippen molar-refractivity contribution in [2.24, 2.45) is 29.6 Å². The first kappa shape index (κ1) is 76.4. The number of aliphatic hydroxyl groups is 7. The largest absolute Gasteiger partial charge is 0.508 e. The van der Waals surface area contributed by atoms with Crippen molar-refractivity contribution in [3.63, 3.8) is 0 Å². The summed E-state index contributed by atoms with van der Waals surface area (Å²) in [6.07, 6.45) is 1.28. The van der Waals surface area contributed by atoms with E-state index in [2.05, 4.69) is 16.0 Å². The topological polar surface area (TPSA) is 382 Å². The number of rotatable bonds is 44. The quantitative estimate of drug-likeness (QED) is 0.0309. The van der Waals surface area contributed by atoms with Gasteiger partial charge in [-0.2, -0.15) is 0 Å². The molecule has 0 aromatic heterocycles. The summed E-state index contributed by atoms with van der Waals surface area (Å²) in [5.41, 5.74) is 0. The van der Waals surface area contributed by atoms with Gasteiger partial charge >= 0.3 is 15.6 Å². The highest BCUT2D eigenvalue weighted by molar-refractivity contribution is 7.52. The van der Waals surface area contributed by atoms with Gasteiger partial charge in [0.2, 0.25) is 23.6 Å². The van der Waals surface area contributed by atoms with Gasteiger partial charge < -0.3 is 84.6 Å². The predicted molar refractivity (Wildman–Crippen MR) is 318 cm³/mol. The number of hydrogen-bond acceptors (Lipinski definition) is 22. The molecule has 0 aromatic carbocycles. The summed E-state index contributed by atoms with van der Waals surface area (Å²) < 4.78 is 65.1. The Morgan fingerprint density at radius 2 is 1.22 bits per heavy atom. The van der Waals surface area contributed by atoms with Crippen molar-refractivity contribution in [3.05, 3.63) is 0 Å². The third-order valence-corrected chi connectivity index (χ3v) is 19.7. The number of unbranched alkanes of at least 4 members (excludes halogenated alkanes) is 8. The molecule has 0 radical (unpaired) electrons. The van der Waals surface area contributed by atoms with Crippen LogP contribution in [0.15, 0.2) is 0 Å². The first-order valence-corrected chi connectivity index (χ1v) is 35.0. The molecule has 0 aromatic rings. The molecule has 3 heterocycles. The maximum absolute atomic E-state index is 13.7. The van der Waals surface area contributed by atoms with Gasteiger partial charge in [-0.1, -0.05) is 33.1 Å². The number of amides is 4. The third kappa shape index (κ3) is 27.4. The lowest BCUT2D eigenvalue weighted by Crippen LogP contribution is -2.55. The lowest BCUT2D eigenvalue weighted by atomic mass is 9.90. The Kier molecular flexibility index (Phi) is 35.8. The number of carbonyl (C=O) groups excluding carboxylic acids is 6. The molecule has 4 aliphatic rings. The Hall–Kier alpha value is -3.01. The van der Waals surface area contributed by atoms with Gasteiger partial charge in [-0.15, -0.1) is 4.52 Å². The molecule has 1 saturated carbocycles. The van der Waals surface area contributed by atoms with Crippen LogP contribution >= 0.6 is 15.6 Å². The van der Waals surface area contributed by atoms with Gasteiger partial charge in [0.25, 0.3) is 0 Å². The average Bonchev–Trinajstić information content (AvgIpc) is 1.82. The van der Waals surface area contributed by atoms with Gasteiger partial charge in [-0.25, -0.2) is 0 Å². The van der Waals surface area contributed by atoms with E-state index in [1.165, 1.54) is 20.7 Å². The molecule has 4 rings (SSSR count). The van der Waals surface area contributed by atoms with Crippen molar-refractivity contribution in [3.8, 4) is 0 Å². The number of ether oxygens (including phenoxy) is 4. The lowest BCUT2D eigenvalue weighted by molar-refractivity contribution is -0.282. The van der Waals surface area contributed by atoms with Gasteiger partial charge in [0.05, 0.1) is 50.2 Å². The van der Waals surface area contributed by atoms with Crippen LogP contribution in [0, 0.1) is 29.6 Å². The summed E-state index contributed by atoms with van der Waals surface area (Å²) in [6, 6.07) is -1.25. The summed E-state index contributed by atoms with van der Waals surface area (Å²) in [4.78, 5) is 79.2. The molecule has 4 fully saturated rings. The number of nitrogens with one attached hydrogen (secondary N) is 3. The van der Waals surface area contributed by atoms with Gasteiger partial charge in [0, 0.05) is 109 Å². The molecule has 0 bridgehead atoms. The minimum Gasteiger partial charge on any atom is -0.394 e. The summed E-state index contributed by atoms with van der Waals surface area (Å²) in [5.74, 6) is -2.64. The normalized spacial score (nSPS) is 29.5. The van der Waals surface area contributed by atoms with E-state index in [1.807, 2.05) is 0 Å². The van der Waals surface area contributed by atoms with E-state index in [4.69, 9.17) is 32.5 Å². The smallest absolute Gasteiger partial charge is 0.394 e. The molecular weight excluding hydrogens is 1180 g/mol. The van der Waals surface area contributed by atoms with Crippen LogP contribution in [-0.2, 0) is 70.4 Å². The molecule has 0 spiro atoms. The molecule has 3 aliphatic heterocycles. The molecule has 26 nitrogen and oxygen atoms in total. The van der Waals surface area contributed by atoms with Crippen LogP contribution in [0.1, 0.15) is 162 Å². The van der Waals surface area contributed by atoms with E-state index in [0.717, 1.165) is 12.8 Å². The Morgan fingerprint density at radius 1 is 0.667 bits per heavy atom. The lowest BCUT2D eigenvalue weighted by Gasteiger charge is -2.40. The molecule has 18 atom stereocenters. The Balaban J connectivity index is 1.18. The average molecular weight is 1280 g/mol. The fraction of sp³-hybridized carbons (Fsp3) is 0.898. The zero-order valence-electron chi connectivity index (χ0n) is 52.0. The SMILES string of the molecule is COP(C)(=O)OC[C@@H]1CC(C[P+](=O)OCC2C[C@@H](O)CN2C(=O)CCCCCCC(=O)[C@H](CCCCNC(=O)CCCCOC2OC(CO)C(O)C(O)C2C)NC(=O)CCCCOC2OC(CO)C(O)C(O)C2C)CC1C(=O)CCCCCNC(C)=O. The van der Waals surface area contributed by atoms with Gasteiger partial charge in [-0.05, 0) is 100 Å². The Bertz CT molecular complexity index is 2150. The highest BCUT2D eigenvalue weighted by Crippen LogP contribution is 2.48. The van der Waals surface area contributed by atoms with Crippen LogP contribution in [-0.4, -0.2) is 222 Å². The maximum Gasteiger partial charge on any atom is 0.508 e. The summed E-state index contributed by atoms with van der Waals surface area (Å²) in [5, 5.41) is 79.0. The van der Waals surface area contributed by atoms with Crippen molar-refractivity contribution in [1.29, 1.82) is 0 Å². The number of ketones is 2. The van der Waals surface area contributed by atoms with Crippen molar-refractivity contribution >= 4 is 50.8 Å². The molecule has 502 valence electrons. The molecule has 87 heavy (non-hydrogen) atoms. The minimum absolute atomic E-state index is 0.0303. The van der Waals surface area contributed by atoms with Crippen molar-refractivity contribution in [2.75, 3.05) is 79.2 Å². The summed E-state index contributed by atoms with van der Waals surface area (Å²) in [7, 11) is -4.20. The molecule has 4 amide bonds. The van der Waals surface area contributed by atoms with Crippen LogP contribution in [0.2, 0.25) is 0 Å². The van der Waals surface area contributed by atoms with E-state index in [0.29, 0.717) is 109 Å². The van der Waals surface area contributed by atoms with Crippen LogP contribution in [0.5, 0.6) is 0 Å². The monoisotopic (exact) mass is 1280 g/mol. The van der Waals surface area contributed by atoms with E-state index in [9.17, 15) is 73.6 Å². The number of nitrogens with zero attached hydrogens (tertiary/aromatic N) is 1. The number of likely N-dealkylation sites (tertiary alicyclic amines) is 1. The van der Waals surface area contributed by atoms with Crippen LogP contribution in [0.3, 0.4) is 0 Å². The fourth-order valence-electron chi connectivity index (χ4n) is 11.7. The Morgan fingerprint density at radius 3 is 1.82 bits per heavy atom. The zero-order chi connectivity index (χ0) is 64.1. The molecule has 10 N–H and O–H groups in total. The molecule has 28 heteroatoms. The van der Waals surface area contributed by atoms with E-state index >= 15 is 0 Å². The minimum atomic E-state index is -3.31. The zero-order valence-corrected chi connectivity index (χ0v) is 53.7. The number of aliphatic hydroxyl groups excluding tert-OH is 7. The standard InChI is InChI=1S/C59H104N4O22P2/c1-38-54(73)56(75)49(33-64)84-58(38)80-27-17-13-22-51(70)61-26-16-12-19-46(62-52(71)23-14-18-28-81-59-39(2)55(74)57(76)50(34-65)85-59)48(69)21-9-6-7-11-24-53(72)63-32-44(67)31-43(63)36-82-86(77)37-41-29-42(35-83-87(5,78)79-4)45(30-41)47(68)20-10-8-15-25-60-40(3)66/h38-39,41-46,49-50,54-59,64-65,67,73-76H,6-37H2,1-5H3,(H2-,60,61,62,66,70,71)/p+1/t38?,39?,41?,42-,43?,44+,45?,46-,49?,50?,54?,55?,56?,57?,58?,59?,87?/m0/s1. The van der Waals surface area contributed by atoms with Gasteiger partial charge in [0.1, 0.15) is 36.8 Å². The first-order chi connectivity index (χ1) is 41.5. The summed E-state index contributed by atoms with van der Waals surface area (Å²) in [6.45, 7) is 6.68. The van der Waals surface area contributed by atoms with Gasteiger partial charge in [-0.3, -0.25) is 33.3 Å². The second-order valence-electron chi connectivity index (χ2n) is 24.2. The van der Waals surface area contributed by atoms with E-state index < -0.39 is 108 Å². The molecule has 1 aliphatic carbocycles. The fourth-order valence-corrected chi connectivity index (χ4v) is 13.4. The molecule has 3 saturated heterocycles. The van der Waals surface area contributed by atoms with Crippen LogP contribution in [0.25, 0.3) is 0 Å². The van der Waals surface area contributed by atoms with E-state index in [1.54, 1.807) is 18.7 Å². The number of β-amino-alcohol motifs (C(OH)–C–C–N with tert-alkyl or cyclic N) is 1. The number of carbonyl (C=O) groups is 6. The number of Topliss-reactive ketones (excluding diaryl/α,β-unsaturated/α-hetero) is 2. The van der Waals surface area contributed by atoms with E-state index in [-0.39, 0.29) is 124 Å². The highest BCUT2D eigenvalue weighted by atomic mass is 31.2. The van der Waals surface area contributed by atoms with Crippen molar-refractivity contribution in [2.45, 2.75) is 229 Å². The first-order valence-electron chi connectivity index (χ1n) is 31.7. The third-order valence-electron chi connectivity index (χ3n) is 17.1. The Labute approximate surface area is 514 Å².